The Kier molecular flexibility index (Phi) is 6.18. The van der Waals surface area contributed by atoms with E-state index in [1.54, 1.807) is 46.1 Å². The van der Waals surface area contributed by atoms with E-state index in [0.29, 0.717) is 16.9 Å². The first-order chi connectivity index (χ1) is 12.7. The minimum Gasteiger partial charge on any atom is -0.449 e. The number of methoxy groups -OCH3 is 1. The lowest BCUT2D eigenvalue weighted by molar-refractivity contribution is -0.157. The number of hydrogen-bond donors (Lipinski definition) is 0. The molecule has 0 amide bonds. The quantitative estimate of drug-likeness (QED) is 0.431. The van der Waals surface area contributed by atoms with Gasteiger partial charge in [0.1, 0.15) is 11.9 Å². The van der Waals surface area contributed by atoms with Gasteiger partial charge in [0.15, 0.2) is 5.60 Å². The van der Waals surface area contributed by atoms with E-state index >= 15 is 0 Å². The molecule has 1 aliphatic carbocycles. The monoisotopic (exact) mass is 368 g/mol. The van der Waals surface area contributed by atoms with Crippen molar-refractivity contribution < 1.29 is 23.8 Å². The average molecular weight is 368 g/mol. The predicted octanol–water partition coefficient (Wildman–Crippen LogP) is 4.01. The molecule has 2 atom stereocenters. The van der Waals surface area contributed by atoms with Crippen LogP contribution >= 0.6 is 0 Å². The van der Waals surface area contributed by atoms with Crippen LogP contribution in [0.5, 0.6) is 5.75 Å². The minimum absolute atomic E-state index is 0.328. The number of esters is 2. The van der Waals surface area contributed by atoms with Crippen LogP contribution in [0.25, 0.3) is 5.57 Å². The fourth-order valence-corrected chi connectivity index (χ4v) is 2.52. The number of hydrogen-bond acceptors (Lipinski definition) is 5. The SMILES string of the molecule is C=C(C)C(=O)Oc1ccc(C2=C[C@H](OC)C(C)(OC(=O)C(=C)C)C=C2)cc1. The Balaban J connectivity index is 2.19. The summed E-state index contributed by atoms with van der Waals surface area (Å²) < 4.78 is 16.3. The second-order valence-electron chi connectivity index (χ2n) is 6.66. The maximum Gasteiger partial charge on any atom is 0.338 e. The van der Waals surface area contributed by atoms with E-state index in [0.717, 1.165) is 11.1 Å². The third-order valence-electron chi connectivity index (χ3n) is 4.15. The first-order valence-electron chi connectivity index (χ1n) is 8.47. The molecule has 0 heterocycles. The van der Waals surface area contributed by atoms with E-state index in [4.69, 9.17) is 14.2 Å². The summed E-state index contributed by atoms with van der Waals surface area (Å²) in [6.07, 6.45) is 5.10. The average Bonchev–Trinajstić information content (AvgIpc) is 2.62. The van der Waals surface area contributed by atoms with Crippen LogP contribution in [0.1, 0.15) is 26.3 Å². The van der Waals surface area contributed by atoms with Gasteiger partial charge in [0.05, 0.1) is 0 Å². The first kappa shape index (κ1) is 20.4. The summed E-state index contributed by atoms with van der Waals surface area (Å²) >= 11 is 0. The highest BCUT2D eigenvalue weighted by atomic mass is 16.6. The molecule has 0 fully saturated rings. The molecule has 1 aliphatic rings. The fourth-order valence-electron chi connectivity index (χ4n) is 2.52. The van der Waals surface area contributed by atoms with Gasteiger partial charge >= 0.3 is 11.9 Å². The normalized spacial score (nSPS) is 21.2. The summed E-state index contributed by atoms with van der Waals surface area (Å²) in [4.78, 5) is 23.5. The van der Waals surface area contributed by atoms with Gasteiger partial charge in [-0.3, -0.25) is 0 Å². The second-order valence-corrected chi connectivity index (χ2v) is 6.66. The fraction of sp³-hybridized carbons (Fsp3) is 0.273. The van der Waals surface area contributed by atoms with Crippen molar-refractivity contribution in [3.05, 3.63) is 72.4 Å². The van der Waals surface area contributed by atoms with Gasteiger partial charge in [-0.25, -0.2) is 9.59 Å². The van der Waals surface area contributed by atoms with Crippen molar-refractivity contribution in [2.24, 2.45) is 0 Å². The molecule has 0 saturated heterocycles. The molecule has 5 heteroatoms. The molecule has 1 unspecified atom stereocenters. The molecule has 0 spiro atoms. The maximum absolute atomic E-state index is 11.9. The summed E-state index contributed by atoms with van der Waals surface area (Å²) in [5.74, 6) is -0.491. The molecule has 0 aromatic heterocycles. The van der Waals surface area contributed by atoms with Crippen molar-refractivity contribution in [1.29, 1.82) is 0 Å². The van der Waals surface area contributed by atoms with Crippen LogP contribution in [-0.2, 0) is 19.1 Å². The van der Waals surface area contributed by atoms with E-state index in [1.165, 1.54) is 0 Å². The highest BCUT2D eigenvalue weighted by Crippen LogP contribution is 2.32. The number of carbonyl (C=O) groups excluding carboxylic acids is 2. The lowest BCUT2D eigenvalue weighted by Gasteiger charge is -2.35. The maximum atomic E-state index is 11.9. The predicted molar refractivity (Wildman–Crippen MR) is 104 cm³/mol. The second kappa shape index (κ2) is 8.18. The molecule has 1 aromatic rings. The van der Waals surface area contributed by atoms with Crippen molar-refractivity contribution >= 4 is 17.5 Å². The topological polar surface area (TPSA) is 61.8 Å². The lowest BCUT2D eigenvalue weighted by Crippen LogP contribution is -2.43. The molecule has 0 saturated carbocycles. The van der Waals surface area contributed by atoms with Crippen LogP contribution in [0, 0.1) is 0 Å². The minimum atomic E-state index is -0.925. The van der Waals surface area contributed by atoms with Gasteiger partial charge in [-0.2, -0.15) is 0 Å². The van der Waals surface area contributed by atoms with Gasteiger partial charge < -0.3 is 14.2 Å². The van der Waals surface area contributed by atoms with Gasteiger partial charge in [0.2, 0.25) is 0 Å². The smallest absolute Gasteiger partial charge is 0.338 e. The molecule has 2 rings (SSSR count). The molecule has 0 bridgehead atoms. The molecular formula is C22H24O5. The summed E-state index contributed by atoms with van der Waals surface area (Å²) in [5.41, 5.74) is 1.56. The Morgan fingerprint density at radius 2 is 1.63 bits per heavy atom. The van der Waals surface area contributed by atoms with Gasteiger partial charge in [-0.1, -0.05) is 31.4 Å². The molecule has 0 aliphatic heterocycles. The van der Waals surface area contributed by atoms with E-state index in [1.807, 2.05) is 24.3 Å². The van der Waals surface area contributed by atoms with Gasteiger partial charge in [0, 0.05) is 18.3 Å². The number of carbonyl (C=O) groups is 2. The molecule has 5 nitrogen and oxygen atoms in total. The van der Waals surface area contributed by atoms with E-state index in [-0.39, 0.29) is 0 Å². The molecule has 0 radical (unpaired) electrons. The Hall–Kier alpha value is -2.92. The number of benzene rings is 1. The molecule has 27 heavy (non-hydrogen) atoms. The third kappa shape index (κ3) is 4.83. The Morgan fingerprint density at radius 1 is 1.04 bits per heavy atom. The largest absolute Gasteiger partial charge is 0.449 e. The summed E-state index contributed by atoms with van der Waals surface area (Å²) in [6.45, 7) is 12.1. The van der Waals surface area contributed by atoms with Gasteiger partial charge in [-0.15, -0.1) is 0 Å². The zero-order valence-corrected chi connectivity index (χ0v) is 16.1. The van der Waals surface area contributed by atoms with Gasteiger partial charge in [-0.05, 0) is 56.2 Å². The van der Waals surface area contributed by atoms with Crippen LogP contribution in [0.2, 0.25) is 0 Å². The highest BCUT2D eigenvalue weighted by Gasteiger charge is 2.37. The first-order valence-corrected chi connectivity index (χ1v) is 8.47. The number of rotatable bonds is 6. The Bertz CT molecular complexity index is 829. The standard InChI is InChI=1S/C22H24O5/c1-14(2)20(23)26-18-9-7-16(8-10-18)17-11-12-22(5,19(13-17)25-6)27-21(24)15(3)4/h7-13,19H,1,3H2,2,4-6H3/t19-,22?/m0/s1. The zero-order chi connectivity index (χ0) is 20.2. The van der Waals surface area contributed by atoms with Gasteiger partial charge in [0.25, 0.3) is 0 Å². The van der Waals surface area contributed by atoms with Crippen LogP contribution in [-0.4, -0.2) is 30.8 Å². The van der Waals surface area contributed by atoms with Crippen LogP contribution in [0.3, 0.4) is 0 Å². The van der Waals surface area contributed by atoms with Crippen molar-refractivity contribution in [1.82, 2.24) is 0 Å². The van der Waals surface area contributed by atoms with Crippen molar-refractivity contribution in [3.8, 4) is 5.75 Å². The van der Waals surface area contributed by atoms with E-state index in [9.17, 15) is 9.59 Å². The number of allylic oxidation sites excluding steroid dienone is 2. The highest BCUT2D eigenvalue weighted by molar-refractivity contribution is 5.89. The van der Waals surface area contributed by atoms with Crippen molar-refractivity contribution in [3.63, 3.8) is 0 Å². The van der Waals surface area contributed by atoms with Crippen LogP contribution in [0.15, 0.2) is 66.8 Å². The summed E-state index contributed by atoms with van der Waals surface area (Å²) in [7, 11) is 1.56. The lowest BCUT2D eigenvalue weighted by atomic mass is 9.88. The van der Waals surface area contributed by atoms with E-state index < -0.39 is 23.6 Å². The Labute approximate surface area is 159 Å². The molecule has 142 valence electrons. The Morgan fingerprint density at radius 3 is 2.15 bits per heavy atom. The zero-order valence-electron chi connectivity index (χ0n) is 16.1. The third-order valence-corrected chi connectivity index (χ3v) is 4.15. The van der Waals surface area contributed by atoms with Crippen LogP contribution < -0.4 is 4.74 Å². The number of ether oxygens (including phenoxy) is 3. The molecule has 1 aromatic carbocycles. The van der Waals surface area contributed by atoms with E-state index in [2.05, 4.69) is 13.2 Å². The summed E-state index contributed by atoms with van der Waals surface area (Å²) in [6, 6.07) is 7.10. The van der Waals surface area contributed by atoms with Crippen molar-refractivity contribution in [2.75, 3.05) is 7.11 Å². The molecular weight excluding hydrogens is 344 g/mol. The molecule has 0 N–H and O–H groups in total. The summed E-state index contributed by atoms with van der Waals surface area (Å²) in [5, 5.41) is 0. The van der Waals surface area contributed by atoms with Crippen LogP contribution in [0.4, 0.5) is 0 Å². The van der Waals surface area contributed by atoms with Crippen molar-refractivity contribution in [2.45, 2.75) is 32.5 Å².